The van der Waals surface area contributed by atoms with E-state index in [4.69, 9.17) is 0 Å². The van der Waals surface area contributed by atoms with Gasteiger partial charge in [0, 0.05) is 44.7 Å². The first kappa shape index (κ1) is 24.5. The minimum Gasteiger partial charge on any atom is -0.357 e. The molecule has 0 aliphatic carbocycles. The summed E-state index contributed by atoms with van der Waals surface area (Å²) in [6.07, 6.45) is 0.937. The molecule has 3 N–H and O–H groups in total. The summed E-state index contributed by atoms with van der Waals surface area (Å²) in [6.45, 7) is 13.2. The number of carbonyl (C=O) groups excluding carboxylic acids is 2. The normalized spacial score (nSPS) is 11.3. The molecule has 0 aromatic heterocycles. The van der Waals surface area contributed by atoms with E-state index in [1.807, 2.05) is 63.8 Å². The highest BCUT2D eigenvalue weighted by Gasteiger charge is 2.09. The minimum absolute atomic E-state index is 0.0218. The molecule has 29 heavy (non-hydrogen) atoms. The van der Waals surface area contributed by atoms with Gasteiger partial charge in [-0.2, -0.15) is 0 Å². The van der Waals surface area contributed by atoms with Crippen LogP contribution in [0.15, 0.2) is 29.3 Å². The zero-order valence-electron chi connectivity index (χ0n) is 18.5. The molecule has 1 rings (SSSR count). The molecule has 0 aliphatic rings. The van der Waals surface area contributed by atoms with Crippen molar-refractivity contribution in [1.29, 1.82) is 0 Å². The maximum absolute atomic E-state index is 12.1. The Morgan fingerprint density at radius 3 is 2.45 bits per heavy atom. The summed E-state index contributed by atoms with van der Waals surface area (Å²) in [5.74, 6) is 1.16. The maximum atomic E-state index is 12.1. The lowest BCUT2D eigenvalue weighted by atomic mass is 10.1. The van der Waals surface area contributed by atoms with Crippen molar-refractivity contribution in [3.8, 4) is 0 Å². The smallest absolute Gasteiger partial charge is 0.224 e. The number of aliphatic imine (C=N–C) groups is 1. The Bertz CT molecular complexity index is 669. The molecule has 7 nitrogen and oxygen atoms in total. The molecule has 0 aliphatic heterocycles. The van der Waals surface area contributed by atoms with Gasteiger partial charge in [-0.05, 0) is 44.4 Å². The fraction of sp³-hybridized carbons (Fsp3) is 0.591. The highest BCUT2D eigenvalue weighted by Crippen LogP contribution is 2.13. The molecular formula is C22H37N5O2. The number of anilines is 1. The molecule has 0 atom stereocenters. The summed E-state index contributed by atoms with van der Waals surface area (Å²) < 4.78 is 0. The lowest BCUT2D eigenvalue weighted by Gasteiger charge is -2.19. The van der Waals surface area contributed by atoms with Gasteiger partial charge in [-0.15, -0.1) is 0 Å². The first-order valence-corrected chi connectivity index (χ1v) is 10.6. The molecule has 162 valence electrons. The van der Waals surface area contributed by atoms with Crippen molar-refractivity contribution in [2.24, 2.45) is 10.9 Å². The molecule has 0 heterocycles. The van der Waals surface area contributed by atoms with Crippen LogP contribution in [0.2, 0.25) is 0 Å². The predicted octanol–water partition coefficient (Wildman–Crippen LogP) is 2.98. The highest BCUT2D eigenvalue weighted by atomic mass is 16.2. The number of nitrogens with zero attached hydrogens (tertiary/aromatic N) is 2. The quantitative estimate of drug-likeness (QED) is 0.392. The third-order valence-corrected chi connectivity index (χ3v) is 4.32. The summed E-state index contributed by atoms with van der Waals surface area (Å²) in [6, 6.07) is 7.72. The Hall–Kier alpha value is -2.57. The molecule has 7 heteroatoms. The number of carbonyl (C=O) groups is 2. The third kappa shape index (κ3) is 9.96. The van der Waals surface area contributed by atoms with Crippen molar-refractivity contribution in [2.45, 2.75) is 54.0 Å². The summed E-state index contributed by atoms with van der Waals surface area (Å²) in [7, 11) is 0. The zero-order chi connectivity index (χ0) is 21.6. The molecule has 0 saturated heterocycles. The first-order valence-electron chi connectivity index (χ1n) is 10.6. The second kappa shape index (κ2) is 13.6. The lowest BCUT2D eigenvalue weighted by Crippen LogP contribution is -2.40. The number of hydrogen-bond donors (Lipinski definition) is 3. The molecule has 0 spiro atoms. The van der Waals surface area contributed by atoms with E-state index >= 15 is 0 Å². The molecule has 1 aromatic carbocycles. The highest BCUT2D eigenvalue weighted by molar-refractivity contribution is 5.90. The molecule has 1 aromatic rings. The van der Waals surface area contributed by atoms with Gasteiger partial charge >= 0.3 is 0 Å². The van der Waals surface area contributed by atoms with Gasteiger partial charge in [0.15, 0.2) is 5.96 Å². The summed E-state index contributed by atoms with van der Waals surface area (Å²) in [5, 5.41) is 9.35. The van der Waals surface area contributed by atoms with E-state index in [1.165, 1.54) is 0 Å². The largest absolute Gasteiger partial charge is 0.357 e. The van der Waals surface area contributed by atoms with E-state index < -0.39 is 0 Å². The van der Waals surface area contributed by atoms with Gasteiger partial charge in [-0.1, -0.05) is 26.0 Å². The average molecular weight is 404 g/mol. The third-order valence-electron chi connectivity index (χ3n) is 4.32. The van der Waals surface area contributed by atoms with Crippen molar-refractivity contribution in [2.75, 3.05) is 31.5 Å². The number of rotatable bonds is 11. The summed E-state index contributed by atoms with van der Waals surface area (Å²) in [4.78, 5) is 30.5. The van der Waals surface area contributed by atoms with Crippen LogP contribution in [0.4, 0.5) is 5.69 Å². The van der Waals surface area contributed by atoms with Crippen LogP contribution >= 0.6 is 0 Å². The van der Waals surface area contributed by atoms with Crippen molar-refractivity contribution >= 4 is 23.5 Å². The minimum atomic E-state index is 0.0218. The molecule has 0 unspecified atom stereocenters. The molecule has 0 bridgehead atoms. The van der Waals surface area contributed by atoms with Crippen LogP contribution in [-0.4, -0.2) is 48.9 Å². The number of amides is 2. The van der Waals surface area contributed by atoms with E-state index in [2.05, 4.69) is 20.9 Å². The fourth-order valence-electron chi connectivity index (χ4n) is 2.86. The molecule has 0 radical (unpaired) electrons. The Balaban J connectivity index is 2.63. The number of benzene rings is 1. The second-order valence-electron chi connectivity index (χ2n) is 7.28. The Kier molecular flexibility index (Phi) is 11.5. The van der Waals surface area contributed by atoms with E-state index in [0.717, 1.165) is 30.9 Å². The van der Waals surface area contributed by atoms with Crippen LogP contribution in [0.3, 0.4) is 0 Å². The zero-order valence-corrected chi connectivity index (χ0v) is 18.5. The van der Waals surface area contributed by atoms with Gasteiger partial charge < -0.3 is 20.9 Å². The van der Waals surface area contributed by atoms with Gasteiger partial charge in [-0.25, -0.2) is 4.99 Å². The number of nitrogens with one attached hydrogen (secondary N) is 3. The lowest BCUT2D eigenvalue weighted by molar-refractivity contribution is -0.130. The Morgan fingerprint density at radius 2 is 1.83 bits per heavy atom. The topological polar surface area (TPSA) is 85.8 Å². The Morgan fingerprint density at radius 1 is 1.10 bits per heavy atom. The van der Waals surface area contributed by atoms with Crippen LogP contribution in [0.25, 0.3) is 0 Å². The first-order chi connectivity index (χ1) is 13.9. The van der Waals surface area contributed by atoms with Crippen LogP contribution in [0.5, 0.6) is 0 Å². The van der Waals surface area contributed by atoms with Crippen LogP contribution < -0.4 is 16.0 Å². The predicted molar refractivity (Wildman–Crippen MR) is 120 cm³/mol. The molecule has 0 saturated carbocycles. The van der Waals surface area contributed by atoms with Gasteiger partial charge in [0.05, 0.1) is 6.54 Å². The fourth-order valence-corrected chi connectivity index (χ4v) is 2.86. The average Bonchev–Trinajstić information content (AvgIpc) is 2.66. The van der Waals surface area contributed by atoms with E-state index in [1.54, 1.807) is 0 Å². The van der Waals surface area contributed by atoms with Crippen molar-refractivity contribution in [3.05, 3.63) is 29.8 Å². The summed E-state index contributed by atoms with van der Waals surface area (Å²) in [5.41, 5.74) is 1.79. The van der Waals surface area contributed by atoms with Gasteiger partial charge in [0.1, 0.15) is 0 Å². The molecular weight excluding hydrogens is 366 g/mol. The van der Waals surface area contributed by atoms with Gasteiger partial charge in [0.25, 0.3) is 0 Å². The van der Waals surface area contributed by atoms with Crippen molar-refractivity contribution < 1.29 is 9.59 Å². The van der Waals surface area contributed by atoms with Gasteiger partial charge in [0.2, 0.25) is 11.8 Å². The van der Waals surface area contributed by atoms with Crippen LogP contribution in [-0.2, 0) is 16.1 Å². The molecule has 2 amide bonds. The SMILES string of the molecule is CCNC(=NCc1cccc(NC(=O)CC(C)C)c1)NCCC(=O)N(CC)CC. The van der Waals surface area contributed by atoms with Crippen LogP contribution in [0, 0.1) is 5.92 Å². The Labute approximate surface area is 175 Å². The van der Waals surface area contributed by atoms with E-state index in [9.17, 15) is 9.59 Å². The number of hydrogen-bond acceptors (Lipinski definition) is 3. The molecule has 0 fully saturated rings. The standard InChI is InChI=1S/C22H37N5O2/c1-6-23-22(24-13-12-21(29)27(7-2)8-3)25-16-18-10-9-11-19(15-18)26-20(28)14-17(4)5/h9-11,15,17H,6-8,12-14,16H2,1-5H3,(H,26,28)(H2,23,24,25). The number of guanidine groups is 1. The monoisotopic (exact) mass is 403 g/mol. The maximum Gasteiger partial charge on any atom is 0.224 e. The van der Waals surface area contributed by atoms with Crippen molar-refractivity contribution in [3.63, 3.8) is 0 Å². The van der Waals surface area contributed by atoms with E-state index in [-0.39, 0.29) is 11.8 Å². The van der Waals surface area contributed by atoms with Gasteiger partial charge in [-0.3, -0.25) is 9.59 Å². The van der Waals surface area contributed by atoms with Crippen LogP contribution in [0.1, 0.15) is 53.0 Å². The second-order valence-corrected chi connectivity index (χ2v) is 7.28. The summed E-state index contributed by atoms with van der Waals surface area (Å²) >= 11 is 0. The van der Waals surface area contributed by atoms with E-state index in [0.29, 0.717) is 37.8 Å². The van der Waals surface area contributed by atoms with Crippen molar-refractivity contribution in [1.82, 2.24) is 15.5 Å².